The highest BCUT2D eigenvalue weighted by molar-refractivity contribution is 6.01. The van der Waals surface area contributed by atoms with Gasteiger partial charge in [-0.15, -0.1) is 5.06 Å². The molecule has 10 nitrogen and oxygen atoms in total. The normalized spacial score (nSPS) is 13.8. The van der Waals surface area contributed by atoms with Gasteiger partial charge in [0.2, 0.25) is 11.8 Å². The molecule has 0 radical (unpaired) electrons. The van der Waals surface area contributed by atoms with Crippen molar-refractivity contribution in [1.29, 1.82) is 0 Å². The first-order chi connectivity index (χ1) is 20.9. The topological polar surface area (TPSA) is 138 Å². The number of nitrogens with zero attached hydrogens (tertiary/aromatic N) is 1. The standard InChI is InChI=1S/C33H34N4O6/c38-29(19-22-13-14-23-8-3-4-9-24(23)18-22)36-28(20-25-21-35-27-11-6-5-10-26(25)27)33(42)34-17-7-1-2-12-32(41)43-37-30(39)15-16-31(37)40/h3-6,8-11,13-14,18,21,28,35H,1-2,7,12,15-17,19-20H2,(H,34,42)(H,36,38). The number of hydrogen-bond donors (Lipinski definition) is 3. The first-order valence-corrected chi connectivity index (χ1v) is 14.5. The number of carbonyl (C=O) groups is 5. The zero-order valence-corrected chi connectivity index (χ0v) is 23.8. The van der Waals surface area contributed by atoms with Crippen LogP contribution < -0.4 is 10.6 Å². The van der Waals surface area contributed by atoms with Gasteiger partial charge in [0.15, 0.2) is 0 Å². The molecule has 0 aliphatic carbocycles. The summed E-state index contributed by atoms with van der Waals surface area (Å²) in [5.41, 5.74) is 2.74. The van der Waals surface area contributed by atoms with E-state index in [2.05, 4.69) is 15.6 Å². The molecule has 1 aliphatic rings. The van der Waals surface area contributed by atoms with Crippen molar-refractivity contribution in [2.24, 2.45) is 0 Å². The van der Waals surface area contributed by atoms with Crippen LogP contribution in [-0.2, 0) is 41.7 Å². The van der Waals surface area contributed by atoms with Crippen LogP contribution in [0, 0.1) is 0 Å². The molecule has 4 aromatic rings. The average Bonchev–Trinajstić information content (AvgIpc) is 3.56. The van der Waals surface area contributed by atoms with Gasteiger partial charge in [0.05, 0.1) is 6.42 Å². The molecule has 1 unspecified atom stereocenters. The van der Waals surface area contributed by atoms with Crippen molar-refractivity contribution in [3.05, 3.63) is 84.1 Å². The number of rotatable bonds is 13. The van der Waals surface area contributed by atoms with E-state index in [0.717, 1.165) is 32.8 Å². The number of benzene rings is 3. The fourth-order valence-corrected chi connectivity index (χ4v) is 5.22. The van der Waals surface area contributed by atoms with Crippen LogP contribution in [0.4, 0.5) is 0 Å². The first kappa shape index (κ1) is 29.5. The largest absolute Gasteiger partial charge is 0.361 e. The molecule has 10 heteroatoms. The van der Waals surface area contributed by atoms with Crippen molar-refractivity contribution in [1.82, 2.24) is 20.7 Å². The van der Waals surface area contributed by atoms with Gasteiger partial charge in [-0.1, -0.05) is 67.1 Å². The number of hydrogen-bond acceptors (Lipinski definition) is 6. The molecular formula is C33H34N4O6. The van der Waals surface area contributed by atoms with Crippen LogP contribution in [0.3, 0.4) is 0 Å². The molecule has 3 aromatic carbocycles. The maximum atomic E-state index is 13.3. The fourth-order valence-electron chi connectivity index (χ4n) is 5.22. The molecular weight excluding hydrogens is 548 g/mol. The Bertz CT molecular complexity index is 1650. The Morgan fingerprint density at radius 2 is 1.63 bits per heavy atom. The molecule has 3 N–H and O–H groups in total. The van der Waals surface area contributed by atoms with Crippen molar-refractivity contribution in [2.75, 3.05) is 6.54 Å². The Hall–Kier alpha value is -4.99. The van der Waals surface area contributed by atoms with Gasteiger partial charge in [0.25, 0.3) is 11.8 Å². The van der Waals surface area contributed by atoms with Crippen LogP contribution in [0.1, 0.15) is 49.7 Å². The highest BCUT2D eigenvalue weighted by atomic mass is 16.7. The fraction of sp³-hybridized carbons (Fsp3) is 0.303. The van der Waals surface area contributed by atoms with Crippen LogP contribution in [-0.4, -0.2) is 52.2 Å². The lowest BCUT2D eigenvalue weighted by molar-refractivity contribution is -0.197. The van der Waals surface area contributed by atoms with Crippen LogP contribution in [0.15, 0.2) is 72.9 Å². The van der Waals surface area contributed by atoms with Crippen molar-refractivity contribution in [3.63, 3.8) is 0 Å². The SMILES string of the molecule is O=C(Cc1ccc2ccccc2c1)NC(Cc1c[nH]c2ccccc12)C(=O)NCCCCCC(=O)ON1C(=O)CCC1=O. The van der Waals surface area contributed by atoms with Gasteiger partial charge < -0.3 is 20.5 Å². The Morgan fingerprint density at radius 3 is 2.44 bits per heavy atom. The van der Waals surface area contributed by atoms with Crippen molar-refractivity contribution in [2.45, 2.75) is 57.4 Å². The number of aromatic amines is 1. The summed E-state index contributed by atoms with van der Waals surface area (Å²) in [7, 11) is 0. The van der Waals surface area contributed by atoms with Gasteiger partial charge in [-0.3, -0.25) is 19.2 Å². The highest BCUT2D eigenvalue weighted by Crippen LogP contribution is 2.20. The van der Waals surface area contributed by atoms with E-state index in [9.17, 15) is 24.0 Å². The quantitative estimate of drug-likeness (QED) is 0.162. The van der Waals surface area contributed by atoms with Crippen LogP contribution >= 0.6 is 0 Å². The van der Waals surface area contributed by atoms with E-state index in [-0.39, 0.29) is 37.5 Å². The molecule has 1 fully saturated rings. The van der Waals surface area contributed by atoms with Crippen molar-refractivity contribution in [3.8, 4) is 0 Å². The Morgan fingerprint density at radius 1 is 0.884 bits per heavy atom. The third-order valence-electron chi connectivity index (χ3n) is 7.49. The Labute approximate surface area is 248 Å². The van der Waals surface area contributed by atoms with E-state index in [1.54, 1.807) is 0 Å². The summed E-state index contributed by atoms with van der Waals surface area (Å²) in [5, 5.41) is 9.54. The minimum absolute atomic E-state index is 0.0526. The van der Waals surface area contributed by atoms with E-state index >= 15 is 0 Å². The van der Waals surface area contributed by atoms with Crippen LogP contribution in [0.25, 0.3) is 21.7 Å². The summed E-state index contributed by atoms with van der Waals surface area (Å²) in [6.07, 6.45) is 4.19. The van der Waals surface area contributed by atoms with E-state index in [4.69, 9.17) is 4.84 Å². The van der Waals surface area contributed by atoms with Gasteiger partial charge in [-0.2, -0.15) is 0 Å². The summed E-state index contributed by atoms with van der Waals surface area (Å²) in [6, 6.07) is 20.9. The van der Waals surface area contributed by atoms with E-state index in [0.29, 0.717) is 37.3 Å². The number of hydroxylamine groups is 2. The monoisotopic (exact) mass is 582 g/mol. The molecule has 1 aliphatic heterocycles. The van der Waals surface area contributed by atoms with Gasteiger partial charge in [-0.05, 0) is 40.8 Å². The number of unbranched alkanes of at least 4 members (excludes halogenated alkanes) is 2. The van der Waals surface area contributed by atoms with Crippen molar-refractivity contribution < 1.29 is 28.8 Å². The maximum absolute atomic E-state index is 13.3. The molecule has 43 heavy (non-hydrogen) atoms. The number of nitrogens with one attached hydrogen (secondary N) is 3. The number of carbonyl (C=O) groups excluding carboxylic acids is 5. The van der Waals surface area contributed by atoms with Crippen molar-refractivity contribution >= 4 is 51.3 Å². The van der Waals surface area contributed by atoms with E-state index in [1.807, 2.05) is 72.9 Å². The number of aromatic nitrogens is 1. The molecule has 1 atom stereocenters. The smallest absolute Gasteiger partial charge is 0.333 e. The maximum Gasteiger partial charge on any atom is 0.333 e. The lowest BCUT2D eigenvalue weighted by Gasteiger charge is -2.19. The third-order valence-corrected chi connectivity index (χ3v) is 7.49. The summed E-state index contributed by atoms with van der Waals surface area (Å²) in [6.45, 7) is 0.363. The van der Waals surface area contributed by atoms with Gasteiger partial charge in [-0.25, -0.2) is 4.79 Å². The molecule has 2 heterocycles. The zero-order chi connectivity index (χ0) is 30.2. The Kier molecular flexibility index (Phi) is 9.46. The summed E-state index contributed by atoms with van der Waals surface area (Å²) >= 11 is 0. The van der Waals surface area contributed by atoms with Crippen LogP contribution in [0.5, 0.6) is 0 Å². The summed E-state index contributed by atoms with van der Waals surface area (Å²) in [5.74, 6) is -2.19. The molecule has 4 amide bonds. The first-order valence-electron chi connectivity index (χ1n) is 14.5. The Balaban J connectivity index is 1.14. The predicted molar refractivity (Wildman–Crippen MR) is 160 cm³/mol. The molecule has 0 spiro atoms. The van der Waals surface area contributed by atoms with Gasteiger partial charge in [0.1, 0.15) is 6.04 Å². The van der Waals surface area contributed by atoms with E-state index < -0.39 is 23.8 Å². The summed E-state index contributed by atoms with van der Waals surface area (Å²) < 4.78 is 0. The third kappa shape index (κ3) is 7.65. The molecule has 1 aromatic heterocycles. The van der Waals surface area contributed by atoms with Crippen LogP contribution in [0.2, 0.25) is 0 Å². The minimum Gasteiger partial charge on any atom is -0.361 e. The molecule has 0 bridgehead atoms. The molecule has 0 saturated carbocycles. The summed E-state index contributed by atoms with van der Waals surface area (Å²) in [4.78, 5) is 69.6. The minimum atomic E-state index is -0.780. The second-order valence-electron chi connectivity index (χ2n) is 10.7. The predicted octanol–water partition coefficient (Wildman–Crippen LogP) is 3.87. The number of H-pyrrole nitrogens is 1. The number of imide groups is 1. The molecule has 222 valence electrons. The van der Waals surface area contributed by atoms with E-state index in [1.165, 1.54) is 0 Å². The lowest BCUT2D eigenvalue weighted by Crippen LogP contribution is -2.48. The zero-order valence-electron chi connectivity index (χ0n) is 23.8. The number of fused-ring (bicyclic) bond motifs is 2. The number of amides is 4. The molecule has 1 saturated heterocycles. The number of para-hydroxylation sites is 1. The highest BCUT2D eigenvalue weighted by Gasteiger charge is 2.32. The van der Waals surface area contributed by atoms with Gasteiger partial charge in [0, 0.05) is 49.3 Å². The second-order valence-corrected chi connectivity index (χ2v) is 10.7. The van der Waals surface area contributed by atoms with Gasteiger partial charge >= 0.3 is 5.97 Å². The molecule has 5 rings (SSSR count). The second kappa shape index (κ2) is 13.8. The lowest BCUT2D eigenvalue weighted by atomic mass is 10.0. The average molecular weight is 583 g/mol.